The molecule has 0 atom stereocenters. The van der Waals surface area contributed by atoms with Gasteiger partial charge in [0, 0.05) is 19.4 Å². The van der Waals surface area contributed by atoms with E-state index < -0.39 is 23.5 Å². The average Bonchev–Trinajstić information content (AvgIpc) is 2.01. The van der Waals surface area contributed by atoms with E-state index in [0.29, 0.717) is 11.1 Å². The number of halogens is 3. The van der Waals surface area contributed by atoms with Crippen LogP contribution in [-0.4, -0.2) is 29.2 Å². The van der Waals surface area contributed by atoms with Crippen LogP contribution < -0.4 is 5.32 Å². The van der Waals surface area contributed by atoms with Crippen LogP contribution in [0, 0.1) is 0 Å². The fourth-order valence-corrected chi connectivity index (χ4v) is 1.00. The quantitative estimate of drug-likeness (QED) is 0.670. The third kappa shape index (κ3) is 1.81. The number of alkyl halides is 3. The number of rotatable bonds is 1. The van der Waals surface area contributed by atoms with Gasteiger partial charge in [0.2, 0.25) is 0 Å². The molecule has 0 amide bonds. The zero-order valence-electron chi connectivity index (χ0n) is 7.09. The van der Waals surface area contributed by atoms with Gasteiger partial charge < -0.3 is 15.3 Å². The van der Waals surface area contributed by atoms with Gasteiger partial charge in [0.1, 0.15) is 11.4 Å². The molecule has 0 aromatic rings. The number of aliphatic carboxylic acids is 1. The summed E-state index contributed by atoms with van der Waals surface area (Å²) in [6.45, 7) is 0. The molecule has 0 radical (unpaired) electrons. The Morgan fingerprint density at radius 2 is 2.07 bits per heavy atom. The van der Waals surface area contributed by atoms with Gasteiger partial charge in [-0.1, -0.05) is 0 Å². The van der Waals surface area contributed by atoms with Crippen LogP contribution in [0.5, 0.6) is 0 Å². The lowest BCUT2D eigenvalue weighted by Gasteiger charge is -2.27. The van der Waals surface area contributed by atoms with E-state index in [2.05, 4.69) is 5.32 Å². The normalized spacial score (nSPS) is 17.0. The molecule has 0 bridgehead atoms. The van der Waals surface area contributed by atoms with Crippen molar-refractivity contribution in [1.29, 1.82) is 0 Å². The molecule has 1 aliphatic heterocycles. The van der Waals surface area contributed by atoms with Crippen molar-refractivity contribution in [1.82, 2.24) is 10.2 Å². The van der Waals surface area contributed by atoms with Crippen molar-refractivity contribution in [2.75, 3.05) is 7.05 Å². The standard InChI is InChI=1S/C7H7F3N2O2/c1-12-4(6(13)14)2-11-3-5(12)7(8,9)10/h2-3,11H,1H3,(H,13,14). The number of hydrogen-bond donors (Lipinski definition) is 2. The second-order valence-electron chi connectivity index (χ2n) is 2.59. The Hall–Kier alpha value is -1.66. The van der Waals surface area contributed by atoms with Crippen LogP contribution in [0.15, 0.2) is 23.8 Å². The Bertz CT molecular complexity index is 319. The number of nitrogens with one attached hydrogen (secondary N) is 1. The summed E-state index contributed by atoms with van der Waals surface area (Å²) in [6, 6.07) is 0. The number of hydrogen-bond acceptors (Lipinski definition) is 3. The predicted molar refractivity (Wildman–Crippen MR) is 40.8 cm³/mol. The van der Waals surface area contributed by atoms with Gasteiger partial charge in [-0.05, 0) is 0 Å². The van der Waals surface area contributed by atoms with Crippen molar-refractivity contribution in [2.45, 2.75) is 6.18 Å². The topological polar surface area (TPSA) is 52.6 Å². The van der Waals surface area contributed by atoms with E-state index in [9.17, 15) is 18.0 Å². The molecule has 14 heavy (non-hydrogen) atoms. The molecular weight excluding hydrogens is 201 g/mol. The fraction of sp³-hybridized carbons (Fsp3) is 0.286. The van der Waals surface area contributed by atoms with Crippen molar-refractivity contribution in [3.8, 4) is 0 Å². The first-order valence-electron chi connectivity index (χ1n) is 3.54. The van der Waals surface area contributed by atoms with Gasteiger partial charge in [0.25, 0.3) is 0 Å². The summed E-state index contributed by atoms with van der Waals surface area (Å²) in [4.78, 5) is 11.1. The van der Waals surface area contributed by atoms with Crippen LogP contribution in [-0.2, 0) is 4.79 Å². The second kappa shape index (κ2) is 3.24. The van der Waals surface area contributed by atoms with Crippen molar-refractivity contribution >= 4 is 5.97 Å². The molecule has 1 heterocycles. The molecule has 1 rings (SSSR count). The lowest BCUT2D eigenvalue weighted by molar-refractivity contribution is -0.135. The molecule has 0 aliphatic carbocycles. The Morgan fingerprint density at radius 3 is 2.50 bits per heavy atom. The van der Waals surface area contributed by atoms with Crippen LogP contribution in [0.1, 0.15) is 0 Å². The van der Waals surface area contributed by atoms with E-state index >= 15 is 0 Å². The van der Waals surface area contributed by atoms with E-state index in [1.165, 1.54) is 0 Å². The van der Waals surface area contributed by atoms with Crippen molar-refractivity contribution in [3.63, 3.8) is 0 Å². The molecule has 0 saturated carbocycles. The average molecular weight is 208 g/mol. The van der Waals surface area contributed by atoms with Crippen LogP contribution in [0.25, 0.3) is 0 Å². The molecule has 0 saturated heterocycles. The Balaban J connectivity index is 2.96. The molecule has 4 nitrogen and oxygen atoms in total. The van der Waals surface area contributed by atoms with Gasteiger partial charge in [0.05, 0.1) is 0 Å². The highest BCUT2D eigenvalue weighted by atomic mass is 19.4. The maximum absolute atomic E-state index is 12.3. The lowest BCUT2D eigenvalue weighted by atomic mass is 10.3. The Morgan fingerprint density at radius 1 is 1.50 bits per heavy atom. The molecule has 0 fully saturated rings. The van der Waals surface area contributed by atoms with Crippen LogP contribution in [0.3, 0.4) is 0 Å². The monoisotopic (exact) mass is 208 g/mol. The van der Waals surface area contributed by atoms with Gasteiger partial charge in [-0.3, -0.25) is 0 Å². The van der Waals surface area contributed by atoms with Gasteiger partial charge in [0.15, 0.2) is 0 Å². The van der Waals surface area contributed by atoms with E-state index in [1.54, 1.807) is 0 Å². The molecule has 78 valence electrons. The number of likely N-dealkylation sites (N-methyl/N-ethyl adjacent to an activating group) is 1. The highest BCUT2D eigenvalue weighted by Gasteiger charge is 2.39. The third-order valence-electron chi connectivity index (χ3n) is 1.67. The highest BCUT2D eigenvalue weighted by Crippen LogP contribution is 2.30. The first-order chi connectivity index (χ1) is 6.34. The number of carboxylic acids is 1. The maximum Gasteiger partial charge on any atom is 0.432 e. The predicted octanol–water partition coefficient (Wildman–Crippen LogP) is 0.851. The molecule has 0 spiro atoms. The van der Waals surface area contributed by atoms with Crippen LogP contribution in [0.2, 0.25) is 0 Å². The summed E-state index contributed by atoms with van der Waals surface area (Å²) in [6.07, 6.45) is -2.89. The smallest absolute Gasteiger partial charge is 0.432 e. The molecule has 0 unspecified atom stereocenters. The zero-order chi connectivity index (χ0) is 10.9. The Kier molecular flexibility index (Phi) is 2.41. The number of carbonyl (C=O) groups is 1. The van der Waals surface area contributed by atoms with Gasteiger partial charge in [-0.15, -0.1) is 0 Å². The SMILES string of the molecule is CN1C(C(=O)O)=CNC=C1C(F)(F)F. The van der Waals surface area contributed by atoms with Crippen LogP contribution in [0.4, 0.5) is 13.2 Å². The largest absolute Gasteiger partial charge is 0.477 e. The first kappa shape index (κ1) is 10.4. The molecule has 2 N–H and O–H groups in total. The molecule has 7 heteroatoms. The Labute approximate surface area is 77.3 Å². The van der Waals surface area contributed by atoms with E-state index in [0.717, 1.165) is 13.2 Å². The highest BCUT2D eigenvalue weighted by molar-refractivity contribution is 5.86. The van der Waals surface area contributed by atoms with Gasteiger partial charge >= 0.3 is 12.1 Å². The third-order valence-corrected chi connectivity index (χ3v) is 1.67. The van der Waals surface area contributed by atoms with Crippen LogP contribution >= 0.6 is 0 Å². The molecule has 0 aromatic heterocycles. The summed E-state index contributed by atoms with van der Waals surface area (Å²) in [7, 11) is 1.04. The molecule has 0 aromatic carbocycles. The number of nitrogens with zero attached hydrogens (tertiary/aromatic N) is 1. The lowest BCUT2D eigenvalue weighted by Crippen LogP contribution is -2.35. The summed E-state index contributed by atoms with van der Waals surface area (Å²) >= 11 is 0. The van der Waals surface area contributed by atoms with Gasteiger partial charge in [-0.25, -0.2) is 4.79 Å². The van der Waals surface area contributed by atoms with E-state index in [-0.39, 0.29) is 0 Å². The minimum absolute atomic E-state index is 0.458. The fourth-order valence-electron chi connectivity index (χ4n) is 1.00. The van der Waals surface area contributed by atoms with Crippen molar-refractivity contribution in [2.24, 2.45) is 0 Å². The summed E-state index contributed by atoms with van der Waals surface area (Å²) in [5.74, 6) is -1.42. The molecular formula is C7H7F3N2O2. The minimum atomic E-state index is -4.57. The van der Waals surface area contributed by atoms with E-state index in [4.69, 9.17) is 5.11 Å². The summed E-state index contributed by atoms with van der Waals surface area (Å²) in [5, 5.41) is 10.7. The number of carboxylic acid groups (broad SMARTS) is 1. The van der Waals surface area contributed by atoms with Gasteiger partial charge in [-0.2, -0.15) is 13.2 Å². The first-order valence-corrected chi connectivity index (χ1v) is 3.54. The van der Waals surface area contributed by atoms with Crippen molar-refractivity contribution in [3.05, 3.63) is 23.8 Å². The number of allylic oxidation sites excluding steroid dienone is 1. The van der Waals surface area contributed by atoms with Crippen molar-refractivity contribution < 1.29 is 23.1 Å². The summed E-state index contributed by atoms with van der Waals surface area (Å²) < 4.78 is 36.8. The maximum atomic E-state index is 12.3. The molecule has 1 aliphatic rings. The summed E-state index contributed by atoms with van der Waals surface area (Å²) in [5.41, 5.74) is -1.50. The minimum Gasteiger partial charge on any atom is -0.477 e. The van der Waals surface area contributed by atoms with E-state index in [1.807, 2.05) is 0 Å². The zero-order valence-corrected chi connectivity index (χ0v) is 7.09. The second-order valence-corrected chi connectivity index (χ2v) is 2.59.